The van der Waals surface area contributed by atoms with Gasteiger partial charge >= 0.3 is 0 Å². The molecule has 0 heterocycles. The maximum Gasteiger partial charge on any atom is 0.294 e. The fourth-order valence-electron chi connectivity index (χ4n) is 2.22. The average Bonchev–Trinajstić information content (AvgIpc) is 2.27. The highest BCUT2D eigenvalue weighted by Gasteiger charge is 2.27. The largest absolute Gasteiger partial charge is 0.390 e. The summed E-state index contributed by atoms with van der Waals surface area (Å²) in [6.07, 6.45) is 3.85. The van der Waals surface area contributed by atoms with Crippen molar-refractivity contribution < 1.29 is 18.1 Å². The highest BCUT2D eigenvalue weighted by atomic mass is 32.2. The molecule has 0 spiro atoms. The van der Waals surface area contributed by atoms with Gasteiger partial charge in [0.25, 0.3) is 10.1 Å². The zero-order valence-corrected chi connectivity index (χ0v) is 12.7. The van der Waals surface area contributed by atoms with Gasteiger partial charge in [-0.3, -0.25) is 4.55 Å². The van der Waals surface area contributed by atoms with Crippen molar-refractivity contribution >= 4 is 10.1 Å². The van der Waals surface area contributed by atoms with Crippen LogP contribution in [0.2, 0.25) is 0 Å². The quantitative estimate of drug-likeness (QED) is 0.688. The Morgan fingerprint density at radius 1 is 1.30 bits per heavy atom. The number of nitrogens with two attached hydrogens (primary N) is 1. The average molecular weight is 301 g/mol. The van der Waals surface area contributed by atoms with E-state index >= 15 is 0 Å². The molecule has 0 bridgehead atoms. The molecule has 20 heavy (non-hydrogen) atoms. The Kier molecular flexibility index (Phi) is 5.70. The van der Waals surface area contributed by atoms with E-state index in [4.69, 9.17) is 10.3 Å². The second-order valence-corrected chi connectivity index (χ2v) is 7.06. The Morgan fingerprint density at radius 2 is 1.85 bits per heavy atom. The molecule has 0 radical (unpaired) electrons. The summed E-state index contributed by atoms with van der Waals surface area (Å²) in [6, 6.07) is 6.22. The highest BCUT2D eigenvalue weighted by Crippen LogP contribution is 2.26. The molecule has 0 aromatic heterocycles. The van der Waals surface area contributed by atoms with Crippen LogP contribution < -0.4 is 5.73 Å². The van der Waals surface area contributed by atoms with Crippen LogP contribution in [0.25, 0.3) is 0 Å². The molecular formula is C14H23NO4S. The van der Waals surface area contributed by atoms with Crippen molar-refractivity contribution in [1.82, 2.24) is 0 Å². The first kappa shape index (κ1) is 17.1. The zero-order chi connectivity index (χ0) is 15.4. The van der Waals surface area contributed by atoms with E-state index in [2.05, 4.69) is 0 Å². The van der Waals surface area contributed by atoms with E-state index in [0.717, 1.165) is 31.2 Å². The molecular weight excluding hydrogens is 278 g/mol. The van der Waals surface area contributed by atoms with Gasteiger partial charge < -0.3 is 10.8 Å². The molecule has 2 atom stereocenters. The summed E-state index contributed by atoms with van der Waals surface area (Å²) in [7, 11) is -4.02. The summed E-state index contributed by atoms with van der Waals surface area (Å²) < 4.78 is 29.6. The minimum Gasteiger partial charge on any atom is -0.390 e. The Hall–Kier alpha value is -0.950. The Morgan fingerprint density at radius 3 is 2.20 bits per heavy atom. The maximum absolute atomic E-state index is 10.5. The van der Waals surface area contributed by atoms with Crippen LogP contribution in [-0.4, -0.2) is 29.7 Å². The number of rotatable bonds is 1. The molecule has 0 amide bonds. The topological polar surface area (TPSA) is 101 Å². The molecule has 1 aliphatic carbocycles. The Bertz CT molecular complexity index is 523. The van der Waals surface area contributed by atoms with Gasteiger partial charge in [0.05, 0.1) is 10.5 Å². The summed E-state index contributed by atoms with van der Waals surface area (Å²) >= 11 is 0. The van der Waals surface area contributed by atoms with Gasteiger partial charge in [0, 0.05) is 6.04 Å². The van der Waals surface area contributed by atoms with Crippen molar-refractivity contribution in [1.29, 1.82) is 0 Å². The minimum atomic E-state index is -4.02. The lowest BCUT2D eigenvalue weighted by molar-refractivity contribution is 0.0156. The van der Waals surface area contributed by atoms with Crippen LogP contribution in [0.5, 0.6) is 0 Å². The van der Waals surface area contributed by atoms with Crippen LogP contribution in [-0.2, 0) is 10.1 Å². The number of aliphatic hydroxyl groups is 1. The monoisotopic (exact) mass is 301 g/mol. The summed E-state index contributed by atoms with van der Waals surface area (Å²) in [5.74, 6) is 0. The van der Waals surface area contributed by atoms with E-state index in [-0.39, 0.29) is 10.9 Å². The Labute approximate surface area is 120 Å². The van der Waals surface area contributed by atoms with Crippen molar-refractivity contribution in [3.8, 4) is 0 Å². The van der Waals surface area contributed by atoms with Gasteiger partial charge in [0.15, 0.2) is 0 Å². The highest BCUT2D eigenvalue weighted by molar-refractivity contribution is 7.85. The third-order valence-corrected chi connectivity index (χ3v) is 4.18. The van der Waals surface area contributed by atoms with Crippen LogP contribution in [0, 0.1) is 6.92 Å². The van der Waals surface area contributed by atoms with Gasteiger partial charge in [-0.1, -0.05) is 17.7 Å². The third kappa shape index (κ3) is 6.00. The molecule has 5 nitrogen and oxygen atoms in total. The van der Waals surface area contributed by atoms with Crippen LogP contribution in [0.3, 0.4) is 0 Å². The van der Waals surface area contributed by atoms with Crippen molar-refractivity contribution in [3.05, 3.63) is 29.8 Å². The molecule has 0 aliphatic heterocycles. The van der Waals surface area contributed by atoms with Crippen molar-refractivity contribution in [2.45, 2.75) is 56.1 Å². The SMILES string of the molecule is C[C@@]1(O)CCC[C@@H](N)C1.Cc1ccc(S(=O)(=O)O)cc1. The fraction of sp³-hybridized carbons (Fsp3) is 0.571. The van der Waals surface area contributed by atoms with Gasteiger partial charge in [0.1, 0.15) is 0 Å². The summed E-state index contributed by atoms with van der Waals surface area (Å²) in [5, 5.41) is 9.46. The lowest BCUT2D eigenvalue weighted by atomic mass is 9.84. The normalized spacial score (nSPS) is 26.6. The van der Waals surface area contributed by atoms with E-state index in [9.17, 15) is 13.5 Å². The van der Waals surface area contributed by atoms with Crippen LogP contribution >= 0.6 is 0 Å². The van der Waals surface area contributed by atoms with Gasteiger partial charge in [-0.25, -0.2) is 0 Å². The van der Waals surface area contributed by atoms with Gasteiger partial charge in [-0.05, 0) is 51.7 Å². The molecule has 6 heteroatoms. The first-order valence-electron chi connectivity index (χ1n) is 6.62. The fourth-order valence-corrected chi connectivity index (χ4v) is 2.70. The van der Waals surface area contributed by atoms with Gasteiger partial charge in [-0.15, -0.1) is 0 Å². The van der Waals surface area contributed by atoms with Gasteiger partial charge in [0.2, 0.25) is 0 Å². The molecule has 1 aromatic rings. The van der Waals surface area contributed by atoms with Crippen molar-refractivity contribution in [3.63, 3.8) is 0 Å². The second-order valence-electron chi connectivity index (χ2n) is 5.64. The van der Waals surface area contributed by atoms with Crippen LogP contribution in [0.1, 0.15) is 38.2 Å². The molecule has 4 N–H and O–H groups in total. The number of benzene rings is 1. The smallest absolute Gasteiger partial charge is 0.294 e. The standard InChI is InChI=1S/C7H15NO.C7H8O3S/c1-7(9)4-2-3-6(8)5-7;1-6-2-4-7(5-3-6)11(8,9)10/h6,9H,2-5,8H2,1H3;2-5H,1H3,(H,8,9,10)/t6-,7-;/m1./s1. The minimum absolute atomic E-state index is 0.0666. The maximum atomic E-state index is 10.5. The lowest BCUT2D eigenvalue weighted by Crippen LogP contribution is -2.38. The molecule has 1 aromatic carbocycles. The predicted molar refractivity (Wildman–Crippen MR) is 78.1 cm³/mol. The third-order valence-electron chi connectivity index (χ3n) is 3.31. The van der Waals surface area contributed by atoms with Gasteiger partial charge in [-0.2, -0.15) is 8.42 Å². The van der Waals surface area contributed by atoms with E-state index < -0.39 is 15.7 Å². The molecule has 0 unspecified atom stereocenters. The summed E-state index contributed by atoms with van der Waals surface area (Å²) in [6.45, 7) is 3.71. The first-order valence-corrected chi connectivity index (χ1v) is 8.06. The van der Waals surface area contributed by atoms with E-state index in [1.54, 1.807) is 12.1 Å². The van der Waals surface area contributed by atoms with E-state index in [1.807, 2.05) is 13.8 Å². The number of aryl methyl sites for hydroxylation is 1. The summed E-state index contributed by atoms with van der Waals surface area (Å²) in [5.41, 5.74) is 6.13. The number of hydrogen-bond acceptors (Lipinski definition) is 4. The van der Waals surface area contributed by atoms with Crippen molar-refractivity contribution in [2.24, 2.45) is 5.73 Å². The first-order chi connectivity index (χ1) is 9.10. The summed E-state index contributed by atoms with van der Waals surface area (Å²) in [4.78, 5) is -0.0666. The second kappa shape index (κ2) is 6.67. The molecule has 1 fully saturated rings. The molecule has 0 saturated heterocycles. The number of hydrogen-bond donors (Lipinski definition) is 3. The molecule has 1 aliphatic rings. The predicted octanol–water partition coefficient (Wildman–Crippen LogP) is 1.88. The molecule has 2 rings (SSSR count). The molecule has 114 valence electrons. The Balaban J connectivity index is 0.000000204. The molecule has 1 saturated carbocycles. The lowest BCUT2D eigenvalue weighted by Gasteiger charge is -2.31. The van der Waals surface area contributed by atoms with Crippen LogP contribution in [0.4, 0.5) is 0 Å². The van der Waals surface area contributed by atoms with E-state index in [1.165, 1.54) is 12.1 Å². The van der Waals surface area contributed by atoms with Crippen molar-refractivity contribution in [2.75, 3.05) is 0 Å². The zero-order valence-electron chi connectivity index (χ0n) is 11.9. The van der Waals surface area contributed by atoms with Crippen LogP contribution in [0.15, 0.2) is 29.2 Å². The van der Waals surface area contributed by atoms with E-state index in [0.29, 0.717) is 0 Å².